The molecule has 1 atom stereocenters. The second-order valence-electron chi connectivity index (χ2n) is 9.13. The van der Waals surface area contributed by atoms with Gasteiger partial charge in [0.1, 0.15) is 16.4 Å². The highest BCUT2D eigenvalue weighted by Gasteiger charge is 2.51. The lowest BCUT2D eigenvalue weighted by atomic mass is 9.65. The van der Waals surface area contributed by atoms with Crippen molar-refractivity contribution in [3.63, 3.8) is 0 Å². The summed E-state index contributed by atoms with van der Waals surface area (Å²) in [5, 5.41) is 15.3. The van der Waals surface area contributed by atoms with Crippen LogP contribution < -0.4 is 5.32 Å². The van der Waals surface area contributed by atoms with E-state index < -0.39 is 15.4 Å². The number of nitrogens with zero attached hydrogens (tertiary/aromatic N) is 4. The summed E-state index contributed by atoms with van der Waals surface area (Å²) in [5.41, 5.74) is 1.53. The van der Waals surface area contributed by atoms with Crippen molar-refractivity contribution in [2.75, 3.05) is 18.4 Å². The molecular formula is C26H25FN6O3S. The van der Waals surface area contributed by atoms with E-state index in [2.05, 4.69) is 15.4 Å². The van der Waals surface area contributed by atoms with Gasteiger partial charge in [0.25, 0.3) is 0 Å². The quantitative estimate of drug-likeness (QED) is 0.363. The number of halogens is 1. The van der Waals surface area contributed by atoms with Crippen LogP contribution in [0.5, 0.6) is 0 Å². The molecule has 190 valence electrons. The Morgan fingerprint density at radius 2 is 2.00 bits per heavy atom. The number of nitrogens with one attached hydrogen (secondary N) is 2. The Morgan fingerprint density at radius 1 is 1.22 bits per heavy atom. The van der Waals surface area contributed by atoms with Crippen LogP contribution in [-0.2, 0) is 17.1 Å². The van der Waals surface area contributed by atoms with Crippen molar-refractivity contribution >= 4 is 27.7 Å². The Kier molecular flexibility index (Phi) is 6.34. The Bertz CT molecular complexity index is 1530. The molecule has 3 aromatic rings. The van der Waals surface area contributed by atoms with Crippen molar-refractivity contribution in [2.24, 2.45) is 12.5 Å². The van der Waals surface area contributed by atoms with E-state index in [0.717, 1.165) is 5.57 Å². The van der Waals surface area contributed by atoms with Gasteiger partial charge in [-0.15, -0.1) is 0 Å². The van der Waals surface area contributed by atoms with Gasteiger partial charge >= 0.3 is 0 Å². The Balaban J connectivity index is 1.57. The van der Waals surface area contributed by atoms with E-state index in [4.69, 9.17) is 5.41 Å². The molecule has 9 nitrogen and oxygen atoms in total. The van der Waals surface area contributed by atoms with Gasteiger partial charge in [0.05, 0.1) is 11.6 Å². The number of aromatic nitrogens is 3. The summed E-state index contributed by atoms with van der Waals surface area (Å²) in [4.78, 5) is 18.3. The number of ketones is 1. The van der Waals surface area contributed by atoms with Gasteiger partial charge in [-0.25, -0.2) is 12.8 Å². The summed E-state index contributed by atoms with van der Waals surface area (Å²) in [6.07, 6.45) is 7.67. The molecule has 1 aliphatic heterocycles. The Labute approximate surface area is 213 Å². The number of sulfonamides is 1. The molecule has 0 bridgehead atoms. The number of aryl methyl sites for hydroxylation is 1. The number of carbonyl (C=O) groups excluding carboxylic acids is 1. The largest absolute Gasteiger partial charge is 0.355 e. The van der Waals surface area contributed by atoms with E-state index in [1.54, 1.807) is 37.4 Å². The molecule has 2 N–H and O–H groups in total. The molecule has 1 fully saturated rings. The monoisotopic (exact) mass is 520 g/mol. The first-order valence-corrected chi connectivity index (χ1v) is 13.1. The van der Waals surface area contributed by atoms with E-state index in [0.29, 0.717) is 23.4 Å². The van der Waals surface area contributed by atoms with Crippen LogP contribution in [0, 0.1) is 16.6 Å². The van der Waals surface area contributed by atoms with Gasteiger partial charge < -0.3 is 10.7 Å². The van der Waals surface area contributed by atoms with Crippen LogP contribution >= 0.6 is 0 Å². The van der Waals surface area contributed by atoms with Gasteiger partial charge in [0, 0.05) is 50.1 Å². The van der Waals surface area contributed by atoms with E-state index in [1.807, 2.05) is 6.08 Å². The lowest BCUT2D eigenvalue weighted by molar-refractivity contribution is 0.0770. The van der Waals surface area contributed by atoms with Gasteiger partial charge in [-0.3, -0.25) is 14.5 Å². The summed E-state index contributed by atoms with van der Waals surface area (Å²) in [6.45, 7) is 0.0939. The van der Waals surface area contributed by atoms with Crippen LogP contribution in [-0.4, -0.2) is 52.6 Å². The van der Waals surface area contributed by atoms with Gasteiger partial charge in [-0.05, 0) is 60.9 Å². The molecule has 1 saturated heterocycles. The summed E-state index contributed by atoms with van der Waals surface area (Å²) in [6, 6.07) is 10.9. The maximum Gasteiger partial charge on any atom is 0.246 e. The number of piperidine rings is 1. The van der Waals surface area contributed by atoms with Crippen molar-refractivity contribution in [1.82, 2.24) is 19.1 Å². The van der Waals surface area contributed by atoms with Crippen molar-refractivity contribution in [3.05, 3.63) is 95.5 Å². The van der Waals surface area contributed by atoms with E-state index in [-0.39, 0.29) is 41.7 Å². The van der Waals surface area contributed by atoms with Crippen LogP contribution in [0.4, 0.5) is 10.1 Å². The van der Waals surface area contributed by atoms with Crippen molar-refractivity contribution < 1.29 is 17.6 Å². The predicted octanol–water partition coefficient (Wildman–Crippen LogP) is 3.56. The second-order valence-corrected chi connectivity index (χ2v) is 11.1. The fourth-order valence-electron chi connectivity index (χ4n) is 4.89. The lowest BCUT2D eigenvalue weighted by Crippen LogP contribution is -2.52. The van der Waals surface area contributed by atoms with Gasteiger partial charge in [-0.1, -0.05) is 11.6 Å². The topological polar surface area (TPSA) is 121 Å². The molecule has 11 heteroatoms. The zero-order chi connectivity index (χ0) is 26.2. The molecular weight excluding hydrogens is 495 g/mol. The second kappa shape index (κ2) is 9.49. The highest BCUT2D eigenvalue weighted by atomic mass is 32.2. The SMILES string of the molecule is Cn1cc(S(=O)(=O)N2CCC3=CC(Nc4ccc(F)cc4)=C(C=N)CC3(C(=O)c3ccccn3)C2)cn1. The molecule has 0 saturated carbocycles. The van der Waals surface area contributed by atoms with Crippen LogP contribution in [0.25, 0.3) is 0 Å². The first-order valence-electron chi connectivity index (χ1n) is 11.6. The van der Waals surface area contributed by atoms with Crippen molar-refractivity contribution in [2.45, 2.75) is 17.7 Å². The summed E-state index contributed by atoms with van der Waals surface area (Å²) in [7, 11) is -2.27. The number of pyridine rings is 1. The standard InChI is InChI=1S/C26H25FN6O3S/c1-32-16-22(15-30-32)37(35,36)33-11-9-19-12-24(31-21-7-5-20(27)6-8-21)18(14-28)13-26(19,17-33)25(34)23-4-2-3-10-29-23/h2-8,10,12,14-16,28,31H,9,11,13,17H2,1H3. The average Bonchev–Trinajstić information content (AvgIpc) is 3.36. The minimum Gasteiger partial charge on any atom is -0.355 e. The minimum absolute atomic E-state index is 0.0557. The molecule has 2 aliphatic rings. The number of rotatable bonds is 7. The lowest BCUT2D eigenvalue weighted by Gasteiger charge is -2.45. The maximum atomic E-state index is 14.0. The third-order valence-corrected chi connectivity index (χ3v) is 8.59. The zero-order valence-corrected chi connectivity index (χ0v) is 20.9. The molecule has 1 aliphatic carbocycles. The molecule has 0 amide bonds. The summed E-state index contributed by atoms with van der Waals surface area (Å²) in [5.74, 6) is -0.665. The molecule has 2 aromatic heterocycles. The Morgan fingerprint density at radius 3 is 2.65 bits per heavy atom. The Hall–Kier alpha value is -3.96. The fraction of sp³-hybridized carbons (Fsp3) is 0.231. The molecule has 37 heavy (non-hydrogen) atoms. The van der Waals surface area contributed by atoms with E-state index >= 15 is 0 Å². The smallest absolute Gasteiger partial charge is 0.246 e. The number of hydrogen-bond acceptors (Lipinski definition) is 7. The maximum absolute atomic E-state index is 14.0. The average molecular weight is 521 g/mol. The molecule has 3 heterocycles. The molecule has 0 spiro atoms. The number of Topliss-reactive ketones (excluding diaryl/α,β-unsaturated/α-hetero) is 1. The van der Waals surface area contributed by atoms with E-state index in [1.165, 1.54) is 45.9 Å². The van der Waals surface area contributed by atoms with Crippen molar-refractivity contribution in [1.29, 1.82) is 5.41 Å². The number of anilines is 1. The normalized spacial score (nSPS) is 20.2. The highest BCUT2D eigenvalue weighted by Crippen LogP contribution is 2.47. The number of carbonyl (C=O) groups is 1. The van der Waals surface area contributed by atoms with Gasteiger partial charge in [0.15, 0.2) is 5.78 Å². The highest BCUT2D eigenvalue weighted by molar-refractivity contribution is 7.89. The van der Waals surface area contributed by atoms with Crippen LogP contribution in [0.3, 0.4) is 0 Å². The number of benzene rings is 1. The minimum atomic E-state index is -3.91. The molecule has 0 radical (unpaired) electrons. The first kappa shape index (κ1) is 24.7. The summed E-state index contributed by atoms with van der Waals surface area (Å²) >= 11 is 0. The number of allylic oxidation sites excluding steroid dienone is 2. The summed E-state index contributed by atoms with van der Waals surface area (Å²) < 4.78 is 43.1. The van der Waals surface area contributed by atoms with Crippen LogP contribution in [0.1, 0.15) is 23.3 Å². The predicted molar refractivity (Wildman–Crippen MR) is 136 cm³/mol. The molecule has 1 unspecified atom stereocenters. The van der Waals surface area contributed by atoms with E-state index in [9.17, 15) is 17.6 Å². The third kappa shape index (κ3) is 4.51. The van der Waals surface area contributed by atoms with Crippen molar-refractivity contribution in [3.8, 4) is 0 Å². The fourth-order valence-corrected chi connectivity index (χ4v) is 6.38. The van der Waals surface area contributed by atoms with Gasteiger partial charge in [0.2, 0.25) is 10.0 Å². The zero-order valence-electron chi connectivity index (χ0n) is 20.1. The number of hydrogen-bond donors (Lipinski definition) is 2. The number of fused-ring (bicyclic) bond motifs is 1. The third-order valence-electron chi connectivity index (χ3n) is 6.80. The van der Waals surface area contributed by atoms with Gasteiger partial charge in [-0.2, -0.15) is 9.40 Å². The first-order chi connectivity index (χ1) is 17.7. The molecule has 1 aromatic carbocycles. The van der Waals surface area contributed by atoms with Crippen LogP contribution in [0.15, 0.2) is 88.9 Å². The van der Waals surface area contributed by atoms with Crippen LogP contribution in [0.2, 0.25) is 0 Å². The molecule has 5 rings (SSSR count).